The lowest BCUT2D eigenvalue weighted by molar-refractivity contribution is -0.117. The number of carbonyl (C=O) groups excluding carboxylic acids is 2. The van der Waals surface area contributed by atoms with Crippen molar-refractivity contribution < 1.29 is 14.3 Å². The number of esters is 1. The molecule has 0 spiro atoms. The van der Waals surface area contributed by atoms with Crippen molar-refractivity contribution in [1.29, 1.82) is 0 Å². The topological polar surface area (TPSA) is 46.6 Å². The predicted molar refractivity (Wildman–Crippen MR) is 73.7 cm³/mol. The number of hydrogen-bond donors (Lipinski definition) is 0. The van der Waals surface area contributed by atoms with Crippen LogP contribution in [-0.2, 0) is 9.53 Å². The highest BCUT2D eigenvalue weighted by Gasteiger charge is 2.32. The fourth-order valence-corrected chi connectivity index (χ4v) is 2.57. The van der Waals surface area contributed by atoms with E-state index >= 15 is 0 Å². The second kappa shape index (κ2) is 5.61. The summed E-state index contributed by atoms with van der Waals surface area (Å²) in [6.45, 7) is 2.38. The molecular formula is C14H16ClNO3. The molecule has 4 nitrogen and oxygen atoms in total. The van der Waals surface area contributed by atoms with E-state index in [0.717, 1.165) is 5.56 Å². The van der Waals surface area contributed by atoms with E-state index in [1.54, 1.807) is 11.0 Å². The number of alkyl halides is 1. The molecule has 1 aromatic rings. The lowest BCUT2D eigenvalue weighted by atomic mass is 10.1. The minimum Gasteiger partial charge on any atom is -0.465 e. The average molecular weight is 282 g/mol. The quantitative estimate of drug-likeness (QED) is 0.631. The summed E-state index contributed by atoms with van der Waals surface area (Å²) >= 11 is 5.82. The Labute approximate surface area is 117 Å². The number of hydrogen-bond acceptors (Lipinski definition) is 3. The van der Waals surface area contributed by atoms with Crippen LogP contribution in [0.2, 0.25) is 0 Å². The largest absolute Gasteiger partial charge is 0.465 e. The zero-order chi connectivity index (χ0) is 14.0. The molecular weight excluding hydrogens is 266 g/mol. The summed E-state index contributed by atoms with van der Waals surface area (Å²) in [5.41, 5.74) is 1.87. The van der Waals surface area contributed by atoms with E-state index in [1.165, 1.54) is 7.11 Å². The number of carbonyl (C=O) groups is 2. The Morgan fingerprint density at radius 3 is 2.84 bits per heavy atom. The highest BCUT2D eigenvalue weighted by Crippen LogP contribution is 2.30. The van der Waals surface area contributed by atoms with E-state index in [9.17, 15) is 9.59 Å². The molecule has 19 heavy (non-hydrogen) atoms. The van der Waals surface area contributed by atoms with Crippen LogP contribution in [0.4, 0.5) is 5.69 Å². The molecule has 5 heteroatoms. The van der Waals surface area contributed by atoms with Crippen molar-refractivity contribution >= 4 is 29.2 Å². The van der Waals surface area contributed by atoms with Crippen LogP contribution in [0, 0.1) is 12.8 Å². The second-order valence-electron chi connectivity index (χ2n) is 4.69. The number of benzene rings is 1. The van der Waals surface area contributed by atoms with Crippen molar-refractivity contribution in [2.24, 2.45) is 5.92 Å². The molecule has 1 unspecified atom stereocenters. The van der Waals surface area contributed by atoms with E-state index in [-0.39, 0.29) is 11.8 Å². The van der Waals surface area contributed by atoms with Gasteiger partial charge in [-0.25, -0.2) is 4.79 Å². The highest BCUT2D eigenvalue weighted by atomic mass is 35.5. The highest BCUT2D eigenvalue weighted by molar-refractivity contribution is 6.18. The molecule has 0 aromatic heterocycles. The average Bonchev–Trinajstić information content (AvgIpc) is 2.79. The van der Waals surface area contributed by atoms with E-state index in [0.29, 0.717) is 30.1 Å². The number of ether oxygens (including phenoxy) is 1. The van der Waals surface area contributed by atoms with Gasteiger partial charge in [0, 0.05) is 18.8 Å². The maximum atomic E-state index is 12.0. The van der Waals surface area contributed by atoms with Gasteiger partial charge in [0.05, 0.1) is 18.4 Å². The zero-order valence-electron chi connectivity index (χ0n) is 11.0. The molecule has 102 valence electrons. The smallest absolute Gasteiger partial charge is 0.340 e. The summed E-state index contributed by atoms with van der Waals surface area (Å²) < 4.78 is 4.80. The van der Waals surface area contributed by atoms with Crippen molar-refractivity contribution in [1.82, 2.24) is 0 Å². The Bertz CT molecular complexity index is 515. The first-order valence-corrected chi connectivity index (χ1v) is 6.66. The van der Waals surface area contributed by atoms with Crippen LogP contribution in [-0.4, -0.2) is 31.4 Å². The minimum atomic E-state index is -0.421. The van der Waals surface area contributed by atoms with E-state index in [2.05, 4.69) is 0 Å². The maximum Gasteiger partial charge on any atom is 0.340 e. The lowest BCUT2D eigenvalue weighted by Gasteiger charge is -2.20. The number of rotatable bonds is 3. The summed E-state index contributed by atoms with van der Waals surface area (Å²) in [6, 6.07) is 5.43. The number of aryl methyl sites for hydroxylation is 1. The Kier molecular flexibility index (Phi) is 4.10. The number of amides is 1. The summed E-state index contributed by atoms with van der Waals surface area (Å²) in [7, 11) is 1.34. The maximum absolute atomic E-state index is 12.0. The number of halogens is 1. The fourth-order valence-electron chi connectivity index (χ4n) is 2.36. The van der Waals surface area contributed by atoms with Crippen molar-refractivity contribution in [3.05, 3.63) is 29.3 Å². The van der Waals surface area contributed by atoms with Gasteiger partial charge >= 0.3 is 5.97 Å². The molecule has 1 aliphatic rings. The first-order chi connectivity index (χ1) is 9.08. The minimum absolute atomic E-state index is 0.00130. The Morgan fingerprint density at radius 1 is 1.53 bits per heavy atom. The zero-order valence-corrected chi connectivity index (χ0v) is 11.7. The molecule has 1 atom stereocenters. The van der Waals surface area contributed by atoms with Crippen LogP contribution in [0.5, 0.6) is 0 Å². The molecule has 1 heterocycles. The Morgan fingerprint density at radius 2 is 2.26 bits per heavy atom. The Hall–Kier alpha value is -1.55. The van der Waals surface area contributed by atoms with Gasteiger partial charge in [-0.05, 0) is 24.5 Å². The van der Waals surface area contributed by atoms with Crippen molar-refractivity contribution in [2.45, 2.75) is 13.3 Å². The predicted octanol–water partition coefficient (Wildman–Crippen LogP) is 2.37. The molecule has 1 saturated heterocycles. The number of anilines is 1. The summed E-state index contributed by atoms with van der Waals surface area (Å²) in [4.78, 5) is 25.5. The van der Waals surface area contributed by atoms with Crippen molar-refractivity contribution in [2.75, 3.05) is 24.4 Å². The molecule has 0 N–H and O–H groups in total. The number of methoxy groups -OCH3 is 1. The van der Waals surface area contributed by atoms with Crippen LogP contribution < -0.4 is 4.90 Å². The molecule has 0 aliphatic carbocycles. The standard InChI is InChI=1S/C14H16ClNO3/c1-9-4-3-5-11(13(9)14(18)19-2)16-8-10(7-15)6-12(16)17/h3-5,10H,6-8H2,1-2H3. The summed E-state index contributed by atoms with van der Waals surface area (Å²) in [5, 5.41) is 0. The van der Waals surface area contributed by atoms with Gasteiger partial charge in [0.25, 0.3) is 0 Å². The van der Waals surface area contributed by atoms with Crippen LogP contribution in [0.3, 0.4) is 0 Å². The number of nitrogens with zero attached hydrogens (tertiary/aromatic N) is 1. The van der Waals surface area contributed by atoms with Gasteiger partial charge in [-0.1, -0.05) is 12.1 Å². The van der Waals surface area contributed by atoms with Gasteiger partial charge in [-0.15, -0.1) is 11.6 Å². The van der Waals surface area contributed by atoms with Gasteiger partial charge in [-0.2, -0.15) is 0 Å². The first-order valence-electron chi connectivity index (χ1n) is 6.12. The SMILES string of the molecule is COC(=O)c1c(C)cccc1N1CC(CCl)CC1=O. The van der Waals surface area contributed by atoms with Crippen LogP contribution in [0.25, 0.3) is 0 Å². The van der Waals surface area contributed by atoms with E-state index in [4.69, 9.17) is 16.3 Å². The lowest BCUT2D eigenvalue weighted by Crippen LogP contribution is -2.27. The van der Waals surface area contributed by atoms with Crippen LogP contribution in [0.1, 0.15) is 22.3 Å². The third-order valence-electron chi connectivity index (χ3n) is 3.35. The molecule has 1 amide bonds. The second-order valence-corrected chi connectivity index (χ2v) is 5.00. The molecule has 0 radical (unpaired) electrons. The summed E-state index contributed by atoms with van der Waals surface area (Å²) in [5.74, 6) is 0.165. The van der Waals surface area contributed by atoms with Crippen LogP contribution >= 0.6 is 11.6 Å². The molecule has 1 fully saturated rings. The van der Waals surface area contributed by atoms with Gasteiger partial charge in [0.1, 0.15) is 0 Å². The van der Waals surface area contributed by atoms with Crippen molar-refractivity contribution in [3.63, 3.8) is 0 Å². The first kappa shape index (κ1) is 13.9. The van der Waals surface area contributed by atoms with Gasteiger partial charge in [-0.3, -0.25) is 4.79 Å². The monoisotopic (exact) mass is 281 g/mol. The fraction of sp³-hybridized carbons (Fsp3) is 0.429. The molecule has 0 saturated carbocycles. The van der Waals surface area contributed by atoms with Gasteiger partial charge in [0.2, 0.25) is 5.91 Å². The molecule has 0 bridgehead atoms. The van der Waals surface area contributed by atoms with E-state index in [1.807, 2.05) is 19.1 Å². The normalized spacial score (nSPS) is 18.8. The third kappa shape index (κ3) is 2.59. The van der Waals surface area contributed by atoms with Crippen LogP contribution in [0.15, 0.2) is 18.2 Å². The molecule has 2 rings (SSSR count). The van der Waals surface area contributed by atoms with Crippen molar-refractivity contribution in [3.8, 4) is 0 Å². The van der Waals surface area contributed by atoms with E-state index < -0.39 is 5.97 Å². The summed E-state index contributed by atoms with van der Waals surface area (Å²) in [6.07, 6.45) is 0.429. The molecule has 1 aromatic carbocycles. The van der Waals surface area contributed by atoms with Gasteiger partial charge in [0.15, 0.2) is 0 Å². The third-order valence-corrected chi connectivity index (χ3v) is 3.79. The van der Waals surface area contributed by atoms with Gasteiger partial charge < -0.3 is 9.64 Å². The molecule has 1 aliphatic heterocycles. The Balaban J connectivity index is 2.43.